The molecule has 4 heterocycles. The highest BCUT2D eigenvalue weighted by Crippen LogP contribution is 2.30. The monoisotopic (exact) mass is 507 g/mol. The van der Waals surface area contributed by atoms with Crippen LogP contribution in [0.15, 0.2) is 91.5 Å². The number of aromatic nitrogens is 4. The van der Waals surface area contributed by atoms with Crippen molar-refractivity contribution in [3.8, 4) is 5.82 Å². The van der Waals surface area contributed by atoms with Crippen LogP contribution in [0.2, 0.25) is 0 Å². The Kier molecular flexibility index (Phi) is 7.13. The van der Waals surface area contributed by atoms with Crippen molar-refractivity contribution in [3.63, 3.8) is 0 Å². The lowest BCUT2D eigenvalue weighted by Crippen LogP contribution is -2.53. The largest absolute Gasteiger partial charge is 0.354 e. The number of benzene rings is 2. The molecule has 2 saturated heterocycles. The van der Waals surface area contributed by atoms with Crippen LogP contribution >= 0.6 is 0 Å². The Morgan fingerprint density at radius 1 is 0.789 bits per heavy atom. The van der Waals surface area contributed by atoms with Crippen molar-refractivity contribution in [2.24, 2.45) is 5.92 Å². The maximum absolute atomic E-state index is 13.6. The summed E-state index contributed by atoms with van der Waals surface area (Å²) in [5, 5.41) is 8.81. The maximum Gasteiger partial charge on any atom is 0.227 e. The summed E-state index contributed by atoms with van der Waals surface area (Å²) in [6.07, 6.45) is 7.18. The summed E-state index contributed by atoms with van der Waals surface area (Å²) in [6, 6.07) is 25.5. The van der Waals surface area contributed by atoms with Gasteiger partial charge in [0.15, 0.2) is 11.6 Å². The van der Waals surface area contributed by atoms with E-state index in [1.165, 1.54) is 11.1 Å². The number of rotatable bonds is 6. The summed E-state index contributed by atoms with van der Waals surface area (Å²) in [4.78, 5) is 24.4. The lowest BCUT2D eigenvalue weighted by atomic mass is 9.95. The Labute approximate surface area is 223 Å². The number of carbonyl (C=O) groups excluding carboxylic acids is 1. The van der Waals surface area contributed by atoms with E-state index in [0.717, 1.165) is 57.2 Å². The zero-order chi connectivity index (χ0) is 25.7. The van der Waals surface area contributed by atoms with Gasteiger partial charge in [-0.3, -0.25) is 14.3 Å². The molecular formula is C30H33N7O. The second-order valence-corrected chi connectivity index (χ2v) is 10.1. The number of piperazine rings is 1. The Balaban J connectivity index is 1.09. The molecule has 1 atom stereocenters. The number of hydrogen-bond donors (Lipinski definition) is 0. The van der Waals surface area contributed by atoms with Gasteiger partial charge in [0.1, 0.15) is 6.33 Å². The second kappa shape index (κ2) is 11.1. The predicted octanol–water partition coefficient (Wildman–Crippen LogP) is 3.81. The number of imidazole rings is 1. The third-order valence-corrected chi connectivity index (χ3v) is 7.72. The summed E-state index contributed by atoms with van der Waals surface area (Å²) in [5.74, 6) is 1.82. The van der Waals surface area contributed by atoms with Gasteiger partial charge in [0.2, 0.25) is 5.91 Å². The van der Waals surface area contributed by atoms with Gasteiger partial charge in [0.25, 0.3) is 0 Å². The van der Waals surface area contributed by atoms with Crippen molar-refractivity contribution < 1.29 is 4.79 Å². The molecule has 8 heteroatoms. The molecule has 8 nitrogen and oxygen atoms in total. The topological polar surface area (TPSA) is 70.4 Å². The van der Waals surface area contributed by atoms with Gasteiger partial charge >= 0.3 is 0 Å². The molecule has 2 aromatic carbocycles. The fourth-order valence-electron chi connectivity index (χ4n) is 5.75. The first-order valence-electron chi connectivity index (χ1n) is 13.5. The van der Waals surface area contributed by atoms with Gasteiger partial charge < -0.3 is 9.80 Å². The molecule has 2 aliphatic rings. The Hall–Kier alpha value is -4.04. The zero-order valence-corrected chi connectivity index (χ0v) is 21.5. The van der Waals surface area contributed by atoms with Crippen LogP contribution in [0.25, 0.3) is 5.82 Å². The molecule has 2 aromatic heterocycles. The van der Waals surface area contributed by atoms with E-state index in [-0.39, 0.29) is 17.9 Å². The molecule has 0 spiro atoms. The first-order chi connectivity index (χ1) is 18.8. The molecule has 6 rings (SSSR count). The van der Waals surface area contributed by atoms with Gasteiger partial charge in [-0.15, -0.1) is 10.2 Å². The third kappa shape index (κ3) is 5.17. The summed E-state index contributed by atoms with van der Waals surface area (Å²) < 4.78 is 1.83. The lowest BCUT2D eigenvalue weighted by Gasteiger charge is -2.42. The first kappa shape index (κ1) is 24.3. The first-order valence-corrected chi connectivity index (χ1v) is 13.5. The number of piperidine rings is 1. The third-order valence-electron chi connectivity index (χ3n) is 7.72. The normalized spacial score (nSPS) is 18.6. The van der Waals surface area contributed by atoms with Gasteiger partial charge in [-0.1, -0.05) is 60.7 Å². The van der Waals surface area contributed by atoms with Gasteiger partial charge in [-0.25, -0.2) is 4.98 Å². The fourth-order valence-corrected chi connectivity index (χ4v) is 5.75. The summed E-state index contributed by atoms with van der Waals surface area (Å²) in [7, 11) is 0. The SMILES string of the molecule is O=C(C1CCCN(c2ccc(-n3ccnc3)nn2)C1)N1CCN(C(c2ccccc2)c2ccccc2)CC1. The molecule has 1 unspecified atom stereocenters. The maximum atomic E-state index is 13.6. The van der Waals surface area contributed by atoms with Crippen molar-refractivity contribution in [2.45, 2.75) is 18.9 Å². The van der Waals surface area contributed by atoms with E-state index in [0.29, 0.717) is 6.54 Å². The van der Waals surface area contributed by atoms with Crippen molar-refractivity contribution >= 4 is 11.7 Å². The van der Waals surface area contributed by atoms with Crippen LogP contribution in [-0.4, -0.2) is 74.7 Å². The van der Waals surface area contributed by atoms with Gasteiger partial charge in [-0.2, -0.15) is 0 Å². The standard InChI is InChI=1S/C30H33N7O/c38-30(26-12-7-16-36(22-26)27-13-14-28(33-32-27)37-17-15-31-23-37)35-20-18-34(19-21-35)29(24-8-3-1-4-9-24)25-10-5-2-6-11-25/h1-6,8-11,13-15,17,23,26,29H,7,12,16,18-22H2. The number of carbonyl (C=O) groups is 1. The average molecular weight is 508 g/mol. The van der Waals surface area contributed by atoms with Crippen LogP contribution in [0, 0.1) is 5.92 Å². The van der Waals surface area contributed by atoms with Gasteiger partial charge in [-0.05, 0) is 36.1 Å². The highest BCUT2D eigenvalue weighted by Gasteiger charge is 2.33. The minimum atomic E-state index is -0.00975. The van der Waals surface area contributed by atoms with Crippen molar-refractivity contribution in [1.82, 2.24) is 29.5 Å². The number of hydrogen-bond acceptors (Lipinski definition) is 6. The molecule has 38 heavy (non-hydrogen) atoms. The zero-order valence-electron chi connectivity index (χ0n) is 21.5. The molecule has 1 amide bonds. The van der Waals surface area contributed by atoms with E-state index in [1.54, 1.807) is 12.5 Å². The van der Waals surface area contributed by atoms with Crippen molar-refractivity contribution in [2.75, 3.05) is 44.2 Å². The van der Waals surface area contributed by atoms with Gasteiger partial charge in [0.05, 0.1) is 12.0 Å². The molecule has 0 saturated carbocycles. The van der Waals surface area contributed by atoms with Crippen molar-refractivity contribution in [3.05, 3.63) is 103 Å². The highest BCUT2D eigenvalue weighted by atomic mass is 16.2. The van der Waals surface area contributed by atoms with Crippen LogP contribution in [-0.2, 0) is 4.79 Å². The van der Waals surface area contributed by atoms with Crippen LogP contribution in [0.4, 0.5) is 5.82 Å². The molecule has 0 aliphatic carbocycles. The van der Waals surface area contributed by atoms with E-state index >= 15 is 0 Å². The lowest BCUT2D eigenvalue weighted by molar-refractivity contribution is -0.137. The van der Waals surface area contributed by atoms with Crippen LogP contribution in [0.1, 0.15) is 30.0 Å². The summed E-state index contributed by atoms with van der Waals surface area (Å²) >= 11 is 0. The quantitative estimate of drug-likeness (QED) is 0.395. The highest BCUT2D eigenvalue weighted by molar-refractivity contribution is 5.80. The van der Waals surface area contributed by atoms with E-state index < -0.39 is 0 Å². The number of amides is 1. The molecule has 4 aromatic rings. The average Bonchev–Trinajstić information content (AvgIpc) is 3.54. The van der Waals surface area contributed by atoms with E-state index in [9.17, 15) is 4.79 Å². The number of nitrogens with zero attached hydrogens (tertiary/aromatic N) is 7. The van der Waals surface area contributed by atoms with E-state index in [1.807, 2.05) is 22.9 Å². The predicted molar refractivity (Wildman–Crippen MR) is 147 cm³/mol. The Morgan fingerprint density at radius 2 is 1.45 bits per heavy atom. The molecule has 0 N–H and O–H groups in total. The van der Waals surface area contributed by atoms with Crippen molar-refractivity contribution in [1.29, 1.82) is 0 Å². The van der Waals surface area contributed by atoms with Crippen LogP contribution in [0.5, 0.6) is 0 Å². The smallest absolute Gasteiger partial charge is 0.227 e. The van der Waals surface area contributed by atoms with Gasteiger partial charge in [0, 0.05) is 51.7 Å². The molecular weight excluding hydrogens is 474 g/mol. The molecule has 194 valence electrons. The minimum absolute atomic E-state index is 0.00975. The van der Waals surface area contributed by atoms with E-state index in [4.69, 9.17) is 0 Å². The summed E-state index contributed by atoms with van der Waals surface area (Å²) in [6.45, 7) is 4.81. The number of anilines is 1. The molecule has 0 radical (unpaired) electrons. The Morgan fingerprint density at radius 3 is 2.05 bits per heavy atom. The second-order valence-electron chi connectivity index (χ2n) is 10.1. The molecule has 0 bridgehead atoms. The summed E-state index contributed by atoms with van der Waals surface area (Å²) in [5.41, 5.74) is 2.59. The van der Waals surface area contributed by atoms with E-state index in [2.05, 4.69) is 90.5 Å². The van der Waals surface area contributed by atoms with Crippen LogP contribution in [0.3, 0.4) is 0 Å². The molecule has 2 fully saturated rings. The molecule has 2 aliphatic heterocycles. The Bertz CT molecular complexity index is 1260. The minimum Gasteiger partial charge on any atom is -0.354 e. The van der Waals surface area contributed by atoms with Crippen LogP contribution < -0.4 is 4.90 Å². The fraction of sp³-hybridized carbons (Fsp3) is 0.333.